The fourth-order valence-electron chi connectivity index (χ4n) is 2.19. The Bertz CT molecular complexity index is 472. The topological polar surface area (TPSA) is 17.1 Å². The van der Waals surface area contributed by atoms with E-state index in [1.165, 1.54) is 31.2 Å². The second-order valence-corrected chi connectivity index (χ2v) is 6.95. The van der Waals surface area contributed by atoms with Gasteiger partial charge in [-0.15, -0.1) is 0 Å². The predicted molar refractivity (Wildman–Crippen MR) is 92.4 cm³/mol. The Morgan fingerprint density at radius 2 is 1.67 bits per heavy atom. The molecule has 0 aliphatic carbocycles. The SMILES string of the molecule is CCCCCCc1ccc(/C(C)=C/C(=O)C(C)(C)C)cc1. The van der Waals surface area contributed by atoms with Crippen molar-refractivity contribution in [2.45, 2.75) is 66.7 Å². The van der Waals surface area contributed by atoms with Gasteiger partial charge in [-0.05, 0) is 42.5 Å². The van der Waals surface area contributed by atoms with Crippen LogP contribution in [0.5, 0.6) is 0 Å². The van der Waals surface area contributed by atoms with Gasteiger partial charge in [-0.2, -0.15) is 0 Å². The zero-order valence-corrected chi connectivity index (χ0v) is 14.3. The van der Waals surface area contributed by atoms with Gasteiger partial charge in [0.05, 0.1) is 0 Å². The molecule has 116 valence electrons. The van der Waals surface area contributed by atoms with Crippen molar-refractivity contribution >= 4 is 11.4 Å². The first-order valence-corrected chi connectivity index (χ1v) is 8.16. The van der Waals surface area contributed by atoms with E-state index in [0.717, 1.165) is 17.6 Å². The van der Waals surface area contributed by atoms with Gasteiger partial charge in [0, 0.05) is 5.41 Å². The number of allylic oxidation sites excluding steroid dienone is 2. The number of hydrogen-bond donors (Lipinski definition) is 0. The van der Waals surface area contributed by atoms with Crippen molar-refractivity contribution in [3.05, 3.63) is 41.5 Å². The second-order valence-electron chi connectivity index (χ2n) is 6.95. The molecule has 0 radical (unpaired) electrons. The highest BCUT2D eigenvalue weighted by atomic mass is 16.1. The van der Waals surface area contributed by atoms with Gasteiger partial charge in [-0.1, -0.05) is 71.2 Å². The lowest BCUT2D eigenvalue weighted by Crippen LogP contribution is -2.17. The number of hydrogen-bond acceptors (Lipinski definition) is 1. The second kappa shape index (κ2) is 8.17. The molecule has 0 saturated carbocycles. The summed E-state index contributed by atoms with van der Waals surface area (Å²) in [5.74, 6) is 0.184. The summed E-state index contributed by atoms with van der Waals surface area (Å²) in [5, 5.41) is 0. The van der Waals surface area contributed by atoms with Crippen LogP contribution in [0.1, 0.15) is 71.4 Å². The summed E-state index contributed by atoms with van der Waals surface area (Å²) in [4.78, 5) is 12.0. The van der Waals surface area contributed by atoms with Crippen LogP contribution in [0.25, 0.3) is 5.57 Å². The third-order valence-electron chi connectivity index (χ3n) is 3.82. The van der Waals surface area contributed by atoms with Gasteiger partial charge in [0.15, 0.2) is 5.78 Å². The number of rotatable bonds is 7. The monoisotopic (exact) mass is 286 g/mol. The summed E-state index contributed by atoms with van der Waals surface area (Å²) < 4.78 is 0. The molecule has 0 saturated heterocycles. The third-order valence-corrected chi connectivity index (χ3v) is 3.82. The number of carbonyl (C=O) groups is 1. The Morgan fingerprint density at radius 1 is 1.05 bits per heavy atom. The first-order chi connectivity index (χ1) is 9.84. The Hall–Kier alpha value is -1.37. The van der Waals surface area contributed by atoms with E-state index < -0.39 is 0 Å². The van der Waals surface area contributed by atoms with Crippen molar-refractivity contribution in [2.24, 2.45) is 5.41 Å². The molecule has 0 atom stereocenters. The van der Waals surface area contributed by atoms with Crippen LogP contribution in [-0.2, 0) is 11.2 Å². The molecule has 1 aromatic rings. The largest absolute Gasteiger partial charge is 0.294 e. The van der Waals surface area contributed by atoms with Crippen molar-refractivity contribution in [1.29, 1.82) is 0 Å². The maximum absolute atomic E-state index is 12.0. The molecule has 1 rings (SSSR count). The molecular weight excluding hydrogens is 256 g/mol. The van der Waals surface area contributed by atoms with E-state index >= 15 is 0 Å². The molecule has 0 amide bonds. The van der Waals surface area contributed by atoms with Gasteiger partial charge >= 0.3 is 0 Å². The molecule has 0 fully saturated rings. The van der Waals surface area contributed by atoms with Gasteiger partial charge in [0.1, 0.15) is 0 Å². The van der Waals surface area contributed by atoms with E-state index in [0.29, 0.717) is 0 Å². The molecule has 1 nitrogen and oxygen atoms in total. The molecular formula is C20H30O. The highest BCUT2D eigenvalue weighted by Crippen LogP contribution is 2.21. The molecule has 0 bridgehead atoms. The highest BCUT2D eigenvalue weighted by Gasteiger charge is 2.18. The van der Waals surface area contributed by atoms with Gasteiger partial charge < -0.3 is 0 Å². The molecule has 0 aliphatic rings. The standard InChI is InChI=1S/C20H30O/c1-6-7-8-9-10-17-11-13-18(14-12-17)16(2)15-19(21)20(3,4)5/h11-15H,6-10H2,1-5H3/b16-15+. The number of unbranched alkanes of at least 4 members (excludes halogenated alkanes) is 3. The van der Waals surface area contributed by atoms with Crippen LogP contribution in [-0.4, -0.2) is 5.78 Å². The number of aryl methyl sites for hydroxylation is 1. The van der Waals surface area contributed by atoms with Crippen molar-refractivity contribution in [1.82, 2.24) is 0 Å². The predicted octanol–water partition coefficient (Wildman–Crippen LogP) is 5.83. The normalized spacial score (nSPS) is 12.5. The van der Waals surface area contributed by atoms with Crippen LogP contribution in [0.15, 0.2) is 30.3 Å². The maximum Gasteiger partial charge on any atom is 0.161 e. The Morgan fingerprint density at radius 3 is 2.19 bits per heavy atom. The molecule has 0 aromatic heterocycles. The van der Waals surface area contributed by atoms with Crippen molar-refractivity contribution in [3.8, 4) is 0 Å². The van der Waals surface area contributed by atoms with Gasteiger partial charge in [0.25, 0.3) is 0 Å². The zero-order chi connectivity index (χ0) is 15.9. The summed E-state index contributed by atoms with van der Waals surface area (Å²) in [6.07, 6.45) is 8.13. The Kier molecular flexibility index (Phi) is 6.87. The summed E-state index contributed by atoms with van der Waals surface area (Å²) in [5.41, 5.74) is 3.28. The van der Waals surface area contributed by atoms with E-state index in [2.05, 4.69) is 31.2 Å². The average molecular weight is 286 g/mol. The van der Waals surface area contributed by atoms with E-state index in [-0.39, 0.29) is 11.2 Å². The van der Waals surface area contributed by atoms with Crippen molar-refractivity contribution in [3.63, 3.8) is 0 Å². The highest BCUT2D eigenvalue weighted by molar-refractivity contribution is 5.99. The van der Waals surface area contributed by atoms with Crippen molar-refractivity contribution in [2.75, 3.05) is 0 Å². The van der Waals surface area contributed by atoms with E-state index in [1.54, 1.807) is 6.08 Å². The first kappa shape index (κ1) is 17.7. The van der Waals surface area contributed by atoms with E-state index in [4.69, 9.17) is 0 Å². The summed E-state index contributed by atoms with van der Waals surface area (Å²) >= 11 is 0. The minimum absolute atomic E-state index is 0.184. The molecule has 0 unspecified atom stereocenters. The molecule has 1 heteroatoms. The van der Waals surface area contributed by atoms with E-state index in [9.17, 15) is 4.79 Å². The fraction of sp³-hybridized carbons (Fsp3) is 0.550. The maximum atomic E-state index is 12.0. The molecule has 1 aromatic carbocycles. The molecule has 21 heavy (non-hydrogen) atoms. The average Bonchev–Trinajstić information content (AvgIpc) is 2.43. The Balaban J connectivity index is 2.65. The van der Waals surface area contributed by atoms with Crippen LogP contribution in [0, 0.1) is 5.41 Å². The molecule has 0 heterocycles. The summed E-state index contributed by atoms with van der Waals surface area (Å²) in [6.45, 7) is 10.1. The van der Waals surface area contributed by atoms with Gasteiger partial charge in [-0.25, -0.2) is 0 Å². The molecule has 0 spiro atoms. The first-order valence-electron chi connectivity index (χ1n) is 8.16. The number of benzene rings is 1. The van der Waals surface area contributed by atoms with Crippen LogP contribution in [0.3, 0.4) is 0 Å². The zero-order valence-electron chi connectivity index (χ0n) is 14.3. The lowest BCUT2D eigenvalue weighted by atomic mass is 9.89. The van der Waals surface area contributed by atoms with Crippen LogP contribution >= 0.6 is 0 Å². The molecule has 0 N–H and O–H groups in total. The quantitative estimate of drug-likeness (QED) is 0.455. The smallest absolute Gasteiger partial charge is 0.161 e. The van der Waals surface area contributed by atoms with E-state index in [1.807, 2.05) is 27.7 Å². The number of carbonyl (C=O) groups excluding carboxylic acids is 1. The minimum Gasteiger partial charge on any atom is -0.294 e. The lowest BCUT2D eigenvalue weighted by Gasteiger charge is -2.14. The third kappa shape index (κ3) is 6.29. The van der Waals surface area contributed by atoms with Crippen LogP contribution < -0.4 is 0 Å². The van der Waals surface area contributed by atoms with Crippen LogP contribution in [0.4, 0.5) is 0 Å². The Labute approximate surface area is 130 Å². The fourth-order valence-corrected chi connectivity index (χ4v) is 2.19. The van der Waals surface area contributed by atoms with Gasteiger partial charge in [0.2, 0.25) is 0 Å². The van der Waals surface area contributed by atoms with Crippen molar-refractivity contribution < 1.29 is 4.79 Å². The molecule has 0 aliphatic heterocycles. The van der Waals surface area contributed by atoms with Crippen LogP contribution in [0.2, 0.25) is 0 Å². The minimum atomic E-state index is -0.305. The summed E-state index contributed by atoms with van der Waals surface area (Å²) in [7, 11) is 0. The number of ketones is 1. The van der Waals surface area contributed by atoms with Gasteiger partial charge in [-0.3, -0.25) is 4.79 Å². The summed E-state index contributed by atoms with van der Waals surface area (Å²) in [6, 6.07) is 8.66. The lowest BCUT2D eigenvalue weighted by molar-refractivity contribution is -0.121.